The van der Waals surface area contributed by atoms with E-state index in [0.29, 0.717) is 5.69 Å². The number of esters is 1. The Balaban J connectivity index is 1.81. The minimum absolute atomic E-state index is 0.0295. The van der Waals surface area contributed by atoms with Gasteiger partial charge >= 0.3 is 12.6 Å². The van der Waals surface area contributed by atoms with Crippen molar-refractivity contribution in [2.24, 2.45) is 0 Å². The van der Waals surface area contributed by atoms with Crippen LogP contribution in [0.15, 0.2) is 71.6 Å². The molecule has 0 amide bonds. The number of halogens is 2. The zero-order valence-electron chi connectivity index (χ0n) is 17.7. The van der Waals surface area contributed by atoms with Crippen LogP contribution in [0.4, 0.5) is 14.5 Å². The number of anilines is 1. The summed E-state index contributed by atoms with van der Waals surface area (Å²) in [5.74, 6) is -0.946. The predicted octanol–water partition coefficient (Wildman–Crippen LogP) is 4.76. The Morgan fingerprint density at radius 2 is 1.70 bits per heavy atom. The number of rotatable bonds is 9. The highest BCUT2D eigenvalue weighted by atomic mass is 32.2. The van der Waals surface area contributed by atoms with Crippen LogP contribution in [0.5, 0.6) is 11.5 Å². The largest absolute Gasteiger partial charge is 0.495 e. The van der Waals surface area contributed by atoms with Crippen molar-refractivity contribution in [1.29, 1.82) is 0 Å². The van der Waals surface area contributed by atoms with E-state index in [1.165, 1.54) is 37.4 Å². The van der Waals surface area contributed by atoms with Crippen LogP contribution in [0, 0.1) is 6.92 Å². The van der Waals surface area contributed by atoms with E-state index in [1.54, 1.807) is 30.3 Å². The third kappa shape index (κ3) is 6.19. The zero-order chi connectivity index (χ0) is 24.0. The second-order valence-electron chi connectivity index (χ2n) is 6.90. The second-order valence-corrected chi connectivity index (χ2v) is 8.55. The van der Waals surface area contributed by atoms with Gasteiger partial charge in [0.2, 0.25) is 0 Å². The molecule has 0 aliphatic carbocycles. The van der Waals surface area contributed by atoms with Crippen molar-refractivity contribution < 1.29 is 36.2 Å². The van der Waals surface area contributed by atoms with Gasteiger partial charge in [-0.3, -0.25) is 4.72 Å². The van der Waals surface area contributed by atoms with Gasteiger partial charge in [-0.1, -0.05) is 35.9 Å². The first-order chi connectivity index (χ1) is 15.7. The third-order valence-electron chi connectivity index (χ3n) is 4.54. The van der Waals surface area contributed by atoms with Gasteiger partial charge in [-0.05, 0) is 43.3 Å². The number of benzene rings is 3. The lowest BCUT2D eigenvalue weighted by Gasteiger charge is -2.14. The van der Waals surface area contributed by atoms with Crippen LogP contribution in [-0.4, -0.2) is 28.1 Å². The average Bonchev–Trinajstić information content (AvgIpc) is 2.79. The standard InChI is InChI=1S/C23H21F2NO6S/c1-15-7-10-18(11-8-15)26-33(28,29)21-13-16(9-12-20(21)30-2)22(27)31-14-17-5-3-4-6-19(17)32-23(24)25/h3-13,23,26H,14H2,1-2H3. The van der Waals surface area contributed by atoms with Crippen molar-refractivity contribution in [1.82, 2.24) is 0 Å². The molecule has 0 unspecified atom stereocenters. The quantitative estimate of drug-likeness (QED) is 0.447. The van der Waals surface area contributed by atoms with E-state index in [2.05, 4.69) is 9.46 Å². The summed E-state index contributed by atoms with van der Waals surface area (Å²) in [6.45, 7) is -1.51. The molecule has 7 nitrogen and oxygen atoms in total. The fraction of sp³-hybridized carbons (Fsp3) is 0.174. The van der Waals surface area contributed by atoms with Crippen LogP contribution in [-0.2, 0) is 21.4 Å². The molecule has 10 heteroatoms. The minimum atomic E-state index is -4.10. The van der Waals surface area contributed by atoms with E-state index < -0.39 is 22.6 Å². The molecule has 1 N–H and O–H groups in total. The summed E-state index contributed by atoms with van der Waals surface area (Å²) in [4.78, 5) is 12.3. The molecule has 0 aliphatic rings. The maximum absolute atomic E-state index is 12.9. The number of hydrogen-bond donors (Lipinski definition) is 1. The summed E-state index contributed by atoms with van der Waals surface area (Å²) < 4.78 is 68.2. The van der Waals surface area contributed by atoms with Gasteiger partial charge in [0.25, 0.3) is 10.0 Å². The van der Waals surface area contributed by atoms with Gasteiger partial charge in [-0.25, -0.2) is 13.2 Å². The first-order valence-corrected chi connectivity index (χ1v) is 11.2. The number of sulfonamides is 1. The maximum atomic E-state index is 12.9. The van der Waals surface area contributed by atoms with E-state index in [9.17, 15) is 22.0 Å². The lowest BCUT2D eigenvalue weighted by molar-refractivity contribution is -0.0510. The van der Waals surface area contributed by atoms with E-state index in [1.807, 2.05) is 6.92 Å². The zero-order valence-corrected chi connectivity index (χ0v) is 18.6. The molecule has 174 valence electrons. The predicted molar refractivity (Wildman–Crippen MR) is 117 cm³/mol. The number of nitrogens with one attached hydrogen (secondary N) is 1. The number of alkyl halides is 2. The first-order valence-electron chi connectivity index (χ1n) is 9.67. The van der Waals surface area contributed by atoms with E-state index in [4.69, 9.17) is 9.47 Å². The van der Waals surface area contributed by atoms with Crippen LogP contribution in [0.2, 0.25) is 0 Å². The van der Waals surface area contributed by atoms with Crippen molar-refractivity contribution in [2.75, 3.05) is 11.8 Å². The van der Waals surface area contributed by atoms with Crippen LogP contribution in [0.25, 0.3) is 0 Å². The van der Waals surface area contributed by atoms with Gasteiger partial charge in [0.15, 0.2) is 0 Å². The number of aryl methyl sites for hydroxylation is 1. The molecule has 0 aromatic heterocycles. The maximum Gasteiger partial charge on any atom is 0.387 e. The van der Waals surface area contributed by atoms with Crippen molar-refractivity contribution in [2.45, 2.75) is 25.0 Å². The summed E-state index contributed by atoms with van der Waals surface area (Å²) in [5, 5.41) is 0. The Morgan fingerprint density at radius 3 is 2.36 bits per heavy atom. The number of methoxy groups -OCH3 is 1. The molecule has 3 aromatic carbocycles. The second kappa shape index (κ2) is 10.3. The Kier molecular flexibility index (Phi) is 7.49. The number of ether oxygens (including phenoxy) is 3. The Labute approximate surface area is 190 Å². The SMILES string of the molecule is COc1ccc(C(=O)OCc2ccccc2OC(F)F)cc1S(=O)(=O)Nc1ccc(C)cc1. The molecule has 0 heterocycles. The highest BCUT2D eigenvalue weighted by molar-refractivity contribution is 7.92. The number of carbonyl (C=O) groups excluding carboxylic acids is 1. The Morgan fingerprint density at radius 1 is 1.00 bits per heavy atom. The van der Waals surface area contributed by atoms with Crippen molar-refractivity contribution in [3.8, 4) is 11.5 Å². The normalized spacial score (nSPS) is 11.2. The molecular formula is C23H21F2NO6S. The van der Waals surface area contributed by atoms with Gasteiger partial charge in [-0.15, -0.1) is 0 Å². The molecule has 0 spiro atoms. The molecule has 0 bridgehead atoms. The molecule has 0 atom stereocenters. The molecule has 33 heavy (non-hydrogen) atoms. The highest BCUT2D eigenvalue weighted by Gasteiger charge is 2.23. The summed E-state index contributed by atoms with van der Waals surface area (Å²) in [6.07, 6.45) is 0. The van der Waals surface area contributed by atoms with Gasteiger partial charge in [0, 0.05) is 11.3 Å². The van der Waals surface area contributed by atoms with Crippen molar-refractivity contribution in [3.63, 3.8) is 0 Å². The van der Waals surface area contributed by atoms with Gasteiger partial charge in [0.05, 0.1) is 12.7 Å². The third-order valence-corrected chi connectivity index (χ3v) is 5.94. The average molecular weight is 477 g/mol. The lowest BCUT2D eigenvalue weighted by Crippen LogP contribution is -2.15. The topological polar surface area (TPSA) is 90.9 Å². The van der Waals surface area contributed by atoms with Gasteiger partial charge in [-0.2, -0.15) is 8.78 Å². The molecule has 0 fully saturated rings. The summed E-state index contributed by atoms with van der Waals surface area (Å²) in [6, 6.07) is 16.4. The van der Waals surface area contributed by atoms with Crippen molar-refractivity contribution in [3.05, 3.63) is 83.4 Å². The van der Waals surface area contributed by atoms with E-state index in [0.717, 1.165) is 11.6 Å². The molecular weight excluding hydrogens is 456 g/mol. The van der Waals surface area contributed by atoms with Crippen LogP contribution in [0.1, 0.15) is 21.5 Å². The first kappa shape index (κ1) is 24.0. The molecule has 0 saturated heterocycles. The Hall–Kier alpha value is -3.66. The summed E-state index contributed by atoms with van der Waals surface area (Å²) in [5.41, 5.74) is 1.47. The van der Waals surface area contributed by atoms with E-state index in [-0.39, 0.29) is 34.1 Å². The summed E-state index contributed by atoms with van der Waals surface area (Å²) >= 11 is 0. The van der Waals surface area contributed by atoms with Crippen LogP contribution >= 0.6 is 0 Å². The number of carbonyl (C=O) groups is 1. The lowest BCUT2D eigenvalue weighted by atomic mass is 10.2. The Bertz CT molecular complexity index is 1230. The molecule has 0 aliphatic heterocycles. The summed E-state index contributed by atoms with van der Waals surface area (Å²) in [7, 11) is -2.79. The molecule has 0 radical (unpaired) electrons. The smallest absolute Gasteiger partial charge is 0.387 e. The number of para-hydroxylation sites is 1. The monoisotopic (exact) mass is 477 g/mol. The molecule has 3 rings (SSSR count). The van der Waals surface area contributed by atoms with Crippen LogP contribution < -0.4 is 14.2 Å². The van der Waals surface area contributed by atoms with Gasteiger partial charge < -0.3 is 14.2 Å². The fourth-order valence-corrected chi connectivity index (χ4v) is 4.16. The highest BCUT2D eigenvalue weighted by Crippen LogP contribution is 2.28. The number of hydrogen-bond acceptors (Lipinski definition) is 6. The van der Waals surface area contributed by atoms with Crippen molar-refractivity contribution >= 4 is 21.7 Å². The fourth-order valence-electron chi connectivity index (χ4n) is 2.91. The van der Waals surface area contributed by atoms with E-state index >= 15 is 0 Å². The minimum Gasteiger partial charge on any atom is -0.495 e. The molecule has 3 aromatic rings. The van der Waals surface area contributed by atoms with Gasteiger partial charge in [0.1, 0.15) is 23.0 Å². The molecule has 0 saturated carbocycles. The van der Waals surface area contributed by atoms with Crippen LogP contribution in [0.3, 0.4) is 0 Å².